The van der Waals surface area contributed by atoms with Crippen molar-refractivity contribution in [2.24, 2.45) is 7.05 Å². The molecular formula is C18H18N2O4. The lowest BCUT2D eigenvalue weighted by Crippen LogP contribution is -1.96. The maximum atomic E-state index is 10.0. The van der Waals surface area contributed by atoms with Gasteiger partial charge in [-0.3, -0.25) is 4.68 Å². The Balaban J connectivity index is 2.07. The number of nitrogens with zero attached hydrogens (tertiary/aromatic N) is 2. The fourth-order valence-corrected chi connectivity index (χ4v) is 2.55. The summed E-state index contributed by atoms with van der Waals surface area (Å²) in [6.45, 7) is 2.30. The Labute approximate surface area is 139 Å². The Morgan fingerprint density at radius 3 is 2.58 bits per heavy atom. The largest absolute Gasteiger partial charge is 0.504 e. The summed E-state index contributed by atoms with van der Waals surface area (Å²) in [4.78, 5) is 0. The van der Waals surface area contributed by atoms with Crippen molar-refractivity contribution >= 4 is 0 Å². The van der Waals surface area contributed by atoms with Crippen LogP contribution in [0.1, 0.15) is 6.92 Å². The number of rotatable bonds is 4. The predicted molar refractivity (Wildman–Crippen MR) is 90.2 cm³/mol. The first-order valence-electron chi connectivity index (χ1n) is 7.52. The smallest absolute Gasteiger partial charge is 0.167 e. The molecule has 0 saturated carbocycles. The molecule has 0 bridgehead atoms. The van der Waals surface area contributed by atoms with Gasteiger partial charge in [0, 0.05) is 18.2 Å². The second-order valence-electron chi connectivity index (χ2n) is 5.33. The van der Waals surface area contributed by atoms with Crippen LogP contribution in [0.5, 0.6) is 23.0 Å². The van der Waals surface area contributed by atoms with E-state index in [1.54, 1.807) is 48.1 Å². The Hall–Kier alpha value is -3.15. The van der Waals surface area contributed by atoms with Crippen molar-refractivity contribution in [3.8, 4) is 45.5 Å². The minimum Gasteiger partial charge on any atom is -0.504 e. The number of benzene rings is 2. The number of ether oxygens (including phenoxy) is 1. The molecule has 0 atom stereocenters. The van der Waals surface area contributed by atoms with E-state index in [2.05, 4.69) is 5.10 Å². The maximum absolute atomic E-state index is 10.0. The standard InChI is InChI=1S/C18H18N2O4/c1-3-24-17-9-11(7-8-15(17)21)14-10-13(19-20(14)2)12-5-4-6-16(22)18(12)23/h4-10,21-23H,3H2,1-2H3. The lowest BCUT2D eigenvalue weighted by Gasteiger charge is -2.08. The summed E-state index contributed by atoms with van der Waals surface area (Å²) in [6, 6.07) is 11.6. The molecule has 1 aromatic heterocycles. The van der Waals surface area contributed by atoms with Crippen molar-refractivity contribution in [2.75, 3.05) is 6.61 Å². The van der Waals surface area contributed by atoms with Gasteiger partial charge in [0.15, 0.2) is 23.0 Å². The van der Waals surface area contributed by atoms with Gasteiger partial charge in [0.25, 0.3) is 0 Å². The number of aromatic hydroxyl groups is 3. The first-order chi connectivity index (χ1) is 11.5. The summed E-state index contributed by atoms with van der Waals surface area (Å²) in [6.07, 6.45) is 0. The van der Waals surface area contributed by atoms with E-state index in [-0.39, 0.29) is 17.2 Å². The van der Waals surface area contributed by atoms with E-state index in [0.717, 1.165) is 11.3 Å². The van der Waals surface area contributed by atoms with Crippen molar-refractivity contribution < 1.29 is 20.1 Å². The van der Waals surface area contributed by atoms with Crippen LogP contribution in [0.3, 0.4) is 0 Å². The van der Waals surface area contributed by atoms with E-state index in [4.69, 9.17) is 4.74 Å². The zero-order valence-electron chi connectivity index (χ0n) is 13.4. The number of aromatic nitrogens is 2. The summed E-state index contributed by atoms with van der Waals surface area (Å²) >= 11 is 0. The van der Waals surface area contributed by atoms with E-state index < -0.39 is 0 Å². The third-order valence-corrected chi connectivity index (χ3v) is 3.73. The molecule has 3 N–H and O–H groups in total. The molecule has 0 amide bonds. The molecule has 6 nitrogen and oxygen atoms in total. The van der Waals surface area contributed by atoms with Crippen molar-refractivity contribution in [1.29, 1.82) is 0 Å². The molecule has 3 rings (SSSR count). The van der Waals surface area contributed by atoms with Gasteiger partial charge < -0.3 is 20.1 Å². The van der Waals surface area contributed by atoms with Crippen molar-refractivity contribution in [2.45, 2.75) is 6.92 Å². The van der Waals surface area contributed by atoms with Gasteiger partial charge in [-0.2, -0.15) is 5.10 Å². The number of phenolic OH excluding ortho intramolecular Hbond substituents is 3. The number of hydrogen-bond donors (Lipinski definition) is 3. The van der Waals surface area contributed by atoms with Crippen LogP contribution < -0.4 is 4.74 Å². The second-order valence-corrected chi connectivity index (χ2v) is 5.33. The Morgan fingerprint density at radius 2 is 1.83 bits per heavy atom. The molecule has 0 aliphatic carbocycles. The van der Waals surface area contributed by atoms with E-state index in [0.29, 0.717) is 23.6 Å². The molecule has 24 heavy (non-hydrogen) atoms. The lowest BCUT2D eigenvalue weighted by molar-refractivity contribution is 0.318. The zero-order valence-corrected chi connectivity index (χ0v) is 13.4. The molecule has 6 heteroatoms. The van der Waals surface area contributed by atoms with Gasteiger partial charge >= 0.3 is 0 Å². The topological polar surface area (TPSA) is 87.7 Å². The molecule has 0 radical (unpaired) electrons. The highest BCUT2D eigenvalue weighted by Gasteiger charge is 2.15. The van der Waals surface area contributed by atoms with Gasteiger partial charge in [0.05, 0.1) is 18.0 Å². The van der Waals surface area contributed by atoms with E-state index in [9.17, 15) is 15.3 Å². The van der Waals surface area contributed by atoms with Crippen molar-refractivity contribution in [3.05, 3.63) is 42.5 Å². The van der Waals surface area contributed by atoms with Crippen LogP contribution in [0.25, 0.3) is 22.5 Å². The van der Waals surface area contributed by atoms with Crippen LogP contribution in [0.2, 0.25) is 0 Å². The number of phenols is 3. The number of aryl methyl sites for hydroxylation is 1. The molecule has 0 saturated heterocycles. The Bertz CT molecular complexity index is 887. The third kappa shape index (κ3) is 2.74. The van der Waals surface area contributed by atoms with Gasteiger partial charge in [0.2, 0.25) is 0 Å². The molecule has 0 fully saturated rings. The molecule has 0 unspecified atom stereocenters. The first-order valence-corrected chi connectivity index (χ1v) is 7.52. The maximum Gasteiger partial charge on any atom is 0.167 e. The normalized spacial score (nSPS) is 10.8. The highest BCUT2D eigenvalue weighted by Crippen LogP contribution is 2.38. The van der Waals surface area contributed by atoms with Crippen LogP contribution >= 0.6 is 0 Å². The number of hydrogen-bond acceptors (Lipinski definition) is 5. The minimum atomic E-state index is -0.206. The quantitative estimate of drug-likeness (QED) is 0.641. The van der Waals surface area contributed by atoms with Gasteiger partial charge in [-0.25, -0.2) is 0 Å². The number of para-hydroxylation sites is 1. The molecular weight excluding hydrogens is 308 g/mol. The molecule has 0 spiro atoms. The summed E-state index contributed by atoms with van der Waals surface area (Å²) in [7, 11) is 1.78. The van der Waals surface area contributed by atoms with Gasteiger partial charge in [0.1, 0.15) is 0 Å². The average Bonchev–Trinajstić information content (AvgIpc) is 2.94. The lowest BCUT2D eigenvalue weighted by atomic mass is 10.1. The highest BCUT2D eigenvalue weighted by molar-refractivity contribution is 5.75. The minimum absolute atomic E-state index is 0.0774. The fourth-order valence-electron chi connectivity index (χ4n) is 2.55. The monoisotopic (exact) mass is 326 g/mol. The molecule has 124 valence electrons. The van der Waals surface area contributed by atoms with Crippen molar-refractivity contribution in [1.82, 2.24) is 9.78 Å². The second kappa shape index (κ2) is 6.16. The molecule has 0 aliphatic rings. The van der Waals surface area contributed by atoms with Crippen molar-refractivity contribution in [3.63, 3.8) is 0 Å². The summed E-state index contributed by atoms with van der Waals surface area (Å²) < 4.78 is 7.08. The summed E-state index contributed by atoms with van der Waals surface area (Å²) in [5, 5.41) is 33.9. The Kier molecular flexibility index (Phi) is 4.04. The van der Waals surface area contributed by atoms with Crippen LogP contribution in [-0.2, 0) is 7.05 Å². The van der Waals surface area contributed by atoms with Gasteiger partial charge in [-0.15, -0.1) is 0 Å². The van der Waals surface area contributed by atoms with Gasteiger partial charge in [-0.05, 0) is 43.3 Å². The average molecular weight is 326 g/mol. The van der Waals surface area contributed by atoms with Crippen LogP contribution in [0, 0.1) is 0 Å². The molecule has 0 aliphatic heterocycles. The molecule has 1 heterocycles. The SMILES string of the molecule is CCOc1cc(-c2cc(-c3cccc(O)c3O)nn2C)ccc1O. The van der Waals surface area contributed by atoms with Crippen LogP contribution in [0.4, 0.5) is 0 Å². The Morgan fingerprint density at radius 1 is 1.04 bits per heavy atom. The van der Waals surface area contributed by atoms with Crippen LogP contribution in [0.15, 0.2) is 42.5 Å². The molecule has 2 aromatic carbocycles. The predicted octanol–water partition coefficient (Wildman–Crippen LogP) is 3.27. The zero-order chi connectivity index (χ0) is 17.3. The van der Waals surface area contributed by atoms with E-state index in [1.165, 1.54) is 6.07 Å². The summed E-state index contributed by atoms with van der Waals surface area (Å²) in [5.41, 5.74) is 2.58. The van der Waals surface area contributed by atoms with Crippen LogP contribution in [-0.4, -0.2) is 31.7 Å². The highest BCUT2D eigenvalue weighted by atomic mass is 16.5. The van der Waals surface area contributed by atoms with E-state index >= 15 is 0 Å². The third-order valence-electron chi connectivity index (χ3n) is 3.73. The fraction of sp³-hybridized carbons (Fsp3) is 0.167. The molecule has 3 aromatic rings. The first kappa shape index (κ1) is 15.7. The van der Waals surface area contributed by atoms with Gasteiger partial charge in [-0.1, -0.05) is 6.07 Å². The summed E-state index contributed by atoms with van der Waals surface area (Å²) in [5.74, 6) is 0.0809. The van der Waals surface area contributed by atoms with E-state index in [1.807, 2.05) is 6.92 Å².